The van der Waals surface area contributed by atoms with Crippen LogP contribution in [0.3, 0.4) is 0 Å². The van der Waals surface area contributed by atoms with E-state index in [9.17, 15) is 4.79 Å². The van der Waals surface area contributed by atoms with Crippen LogP contribution in [-0.4, -0.2) is 12.5 Å². The lowest BCUT2D eigenvalue weighted by Crippen LogP contribution is -2.45. The summed E-state index contributed by atoms with van der Waals surface area (Å²) < 4.78 is 0. The third kappa shape index (κ3) is 3.12. The Morgan fingerprint density at radius 3 is 2.28 bits per heavy atom. The fourth-order valence-corrected chi connectivity index (χ4v) is 4.45. The van der Waals surface area contributed by atoms with Crippen molar-refractivity contribution >= 4 is 17.2 Å². The summed E-state index contributed by atoms with van der Waals surface area (Å²) in [6, 6.07) is 22.7. The van der Waals surface area contributed by atoms with Crippen LogP contribution in [0, 0.1) is 0 Å². The van der Waals surface area contributed by atoms with E-state index in [2.05, 4.69) is 41.7 Å². The molecule has 0 spiro atoms. The Bertz CT molecular complexity index is 850. The molecule has 0 saturated heterocycles. The predicted octanol–water partition coefficient (Wildman–Crippen LogP) is 5.27. The van der Waals surface area contributed by atoms with Crippen molar-refractivity contribution in [2.75, 3.05) is 6.54 Å². The first-order valence-corrected chi connectivity index (χ1v) is 9.63. The molecule has 0 aliphatic heterocycles. The molecule has 1 amide bonds. The number of benzene rings is 2. The fourth-order valence-electron chi connectivity index (χ4n) is 3.62. The van der Waals surface area contributed by atoms with Crippen LogP contribution in [-0.2, 0) is 5.41 Å². The molecule has 2 nitrogen and oxygen atoms in total. The van der Waals surface area contributed by atoms with Crippen molar-refractivity contribution in [3.63, 3.8) is 0 Å². The van der Waals surface area contributed by atoms with E-state index in [0.717, 1.165) is 28.8 Å². The molecular formula is C22H21NOS. The van der Waals surface area contributed by atoms with Gasteiger partial charge in [-0.15, -0.1) is 11.3 Å². The van der Waals surface area contributed by atoms with Gasteiger partial charge in [0, 0.05) is 17.5 Å². The average Bonchev–Trinajstić information content (AvgIpc) is 3.12. The van der Waals surface area contributed by atoms with Crippen molar-refractivity contribution in [2.24, 2.45) is 0 Å². The summed E-state index contributed by atoms with van der Waals surface area (Å²) in [6.07, 6.45) is 3.53. The van der Waals surface area contributed by atoms with Crippen LogP contribution in [0.4, 0.5) is 0 Å². The molecule has 0 bridgehead atoms. The third-order valence-electron chi connectivity index (χ3n) is 5.24. The second-order valence-electron chi connectivity index (χ2n) is 6.71. The van der Waals surface area contributed by atoms with E-state index in [4.69, 9.17) is 0 Å². The van der Waals surface area contributed by atoms with Crippen LogP contribution in [0.2, 0.25) is 0 Å². The van der Waals surface area contributed by atoms with Crippen molar-refractivity contribution < 1.29 is 4.79 Å². The molecule has 0 atom stereocenters. The fraction of sp³-hybridized carbons (Fsp3) is 0.227. The summed E-state index contributed by atoms with van der Waals surface area (Å²) >= 11 is 1.51. The largest absolute Gasteiger partial charge is 0.350 e. The molecule has 1 aromatic heterocycles. The van der Waals surface area contributed by atoms with Gasteiger partial charge in [-0.25, -0.2) is 0 Å². The lowest BCUT2D eigenvalue weighted by atomic mass is 9.64. The molecule has 25 heavy (non-hydrogen) atoms. The molecule has 3 aromatic rings. The highest BCUT2D eigenvalue weighted by atomic mass is 32.1. The average molecular weight is 347 g/mol. The number of hydrogen-bond donors (Lipinski definition) is 1. The van der Waals surface area contributed by atoms with Gasteiger partial charge < -0.3 is 5.32 Å². The SMILES string of the molecule is O=C(NCC1(c2ccccc2)CCC1)c1sccc1-c1ccccc1. The van der Waals surface area contributed by atoms with Crippen molar-refractivity contribution in [1.82, 2.24) is 5.32 Å². The minimum atomic E-state index is 0.0380. The molecule has 0 radical (unpaired) electrons. The van der Waals surface area contributed by atoms with Gasteiger partial charge in [-0.1, -0.05) is 67.1 Å². The van der Waals surface area contributed by atoms with E-state index in [1.807, 2.05) is 35.7 Å². The van der Waals surface area contributed by atoms with E-state index in [-0.39, 0.29) is 11.3 Å². The number of rotatable bonds is 5. The molecule has 1 aliphatic rings. The van der Waals surface area contributed by atoms with Gasteiger partial charge >= 0.3 is 0 Å². The summed E-state index contributed by atoms with van der Waals surface area (Å²) in [5.74, 6) is 0.0380. The molecule has 1 fully saturated rings. The van der Waals surface area contributed by atoms with Crippen molar-refractivity contribution in [3.05, 3.63) is 82.6 Å². The van der Waals surface area contributed by atoms with Crippen molar-refractivity contribution in [2.45, 2.75) is 24.7 Å². The summed E-state index contributed by atoms with van der Waals surface area (Å²) in [5.41, 5.74) is 3.57. The Hall–Kier alpha value is -2.39. The van der Waals surface area contributed by atoms with Crippen LogP contribution in [0.25, 0.3) is 11.1 Å². The van der Waals surface area contributed by atoms with E-state index in [1.54, 1.807) is 0 Å². The number of carbonyl (C=O) groups is 1. The molecule has 126 valence electrons. The smallest absolute Gasteiger partial charge is 0.262 e. The van der Waals surface area contributed by atoms with E-state index >= 15 is 0 Å². The molecule has 1 aliphatic carbocycles. The van der Waals surface area contributed by atoms with E-state index in [0.29, 0.717) is 6.54 Å². The Morgan fingerprint density at radius 2 is 1.64 bits per heavy atom. The zero-order valence-electron chi connectivity index (χ0n) is 14.1. The number of carbonyl (C=O) groups excluding carboxylic acids is 1. The minimum absolute atomic E-state index is 0.0380. The first-order valence-electron chi connectivity index (χ1n) is 8.75. The highest BCUT2D eigenvalue weighted by Gasteiger charge is 2.38. The maximum Gasteiger partial charge on any atom is 0.262 e. The molecule has 4 rings (SSSR count). The van der Waals surface area contributed by atoms with Gasteiger partial charge in [0.15, 0.2) is 0 Å². The monoisotopic (exact) mass is 347 g/mol. The number of thiophene rings is 1. The number of nitrogens with one attached hydrogen (secondary N) is 1. The van der Waals surface area contributed by atoms with Gasteiger partial charge in [0.1, 0.15) is 0 Å². The highest BCUT2D eigenvalue weighted by molar-refractivity contribution is 7.12. The Morgan fingerprint density at radius 1 is 0.960 bits per heavy atom. The summed E-state index contributed by atoms with van der Waals surface area (Å²) in [6.45, 7) is 0.710. The Balaban J connectivity index is 1.51. The molecule has 3 heteroatoms. The normalized spacial score (nSPS) is 15.4. The second kappa shape index (κ2) is 6.85. The number of hydrogen-bond acceptors (Lipinski definition) is 2. The standard InChI is InChI=1S/C22H21NOS/c24-21(20-19(12-15-25-20)17-8-3-1-4-9-17)23-16-22(13-7-14-22)18-10-5-2-6-11-18/h1-6,8-12,15H,7,13-14,16H2,(H,23,24). The maximum absolute atomic E-state index is 12.8. The third-order valence-corrected chi connectivity index (χ3v) is 6.15. The molecule has 2 aromatic carbocycles. The quantitative estimate of drug-likeness (QED) is 0.669. The topological polar surface area (TPSA) is 29.1 Å². The predicted molar refractivity (Wildman–Crippen MR) is 104 cm³/mol. The first-order chi connectivity index (χ1) is 12.3. The Labute approximate surface area is 152 Å². The van der Waals surface area contributed by atoms with Crippen LogP contribution in [0.1, 0.15) is 34.5 Å². The van der Waals surface area contributed by atoms with Gasteiger partial charge in [0.2, 0.25) is 0 Å². The minimum Gasteiger partial charge on any atom is -0.350 e. The van der Waals surface area contributed by atoms with Crippen LogP contribution >= 0.6 is 11.3 Å². The lowest BCUT2D eigenvalue weighted by Gasteiger charge is -2.42. The van der Waals surface area contributed by atoms with E-state index in [1.165, 1.54) is 23.3 Å². The van der Waals surface area contributed by atoms with Gasteiger partial charge in [-0.3, -0.25) is 4.79 Å². The molecule has 1 heterocycles. The van der Waals surface area contributed by atoms with Crippen LogP contribution in [0.5, 0.6) is 0 Å². The van der Waals surface area contributed by atoms with Gasteiger partial charge in [-0.05, 0) is 35.4 Å². The maximum atomic E-state index is 12.8. The first kappa shape index (κ1) is 16.1. The molecule has 0 unspecified atom stereocenters. The van der Waals surface area contributed by atoms with Crippen LogP contribution in [0.15, 0.2) is 72.1 Å². The molecule has 1 saturated carbocycles. The zero-order valence-corrected chi connectivity index (χ0v) is 14.9. The lowest BCUT2D eigenvalue weighted by molar-refractivity contribution is 0.0932. The molecular weight excluding hydrogens is 326 g/mol. The number of amides is 1. The summed E-state index contributed by atoms with van der Waals surface area (Å²) in [4.78, 5) is 13.6. The molecule has 1 N–H and O–H groups in total. The summed E-state index contributed by atoms with van der Waals surface area (Å²) in [5, 5.41) is 5.20. The summed E-state index contributed by atoms with van der Waals surface area (Å²) in [7, 11) is 0. The van der Waals surface area contributed by atoms with Gasteiger partial charge in [0.25, 0.3) is 5.91 Å². The second-order valence-corrected chi connectivity index (χ2v) is 7.63. The van der Waals surface area contributed by atoms with Crippen molar-refractivity contribution in [1.29, 1.82) is 0 Å². The highest BCUT2D eigenvalue weighted by Crippen LogP contribution is 2.43. The zero-order chi connectivity index (χ0) is 17.1. The Kier molecular flexibility index (Phi) is 4.41. The van der Waals surface area contributed by atoms with Crippen molar-refractivity contribution in [3.8, 4) is 11.1 Å². The van der Waals surface area contributed by atoms with Gasteiger partial charge in [0.05, 0.1) is 4.88 Å². The van der Waals surface area contributed by atoms with Gasteiger partial charge in [-0.2, -0.15) is 0 Å². The van der Waals surface area contributed by atoms with Crippen LogP contribution < -0.4 is 5.32 Å². The van der Waals surface area contributed by atoms with E-state index < -0.39 is 0 Å².